The molecule has 2 heterocycles. The van der Waals surface area contributed by atoms with Crippen LogP contribution in [0.2, 0.25) is 0 Å². The summed E-state index contributed by atoms with van der Waals surface area (Å²) in [4.78, 5) is 14.4. The Morgan fingerprint density at radius 1 is 1.36 bits per heavy atom. The molecule has 22 heavy (non-hydrogen) atoms. The van der Waals surface area contributed by atoms with Gasteiger partial charge in [0.15, 0.2) is 0 Å². The molecule has 0 unspecified atom stereocenters. The van der Waals surface area contributed by atoms with Gasteiger partial charge in [-0.15, -0.1) is 10.2 Å². The number of nitrogens with zero attached hydrogens (tertiary/aromatic N) is 3. The molecule has 7 nitrogen and oxygen atoms in total. The van der Waals surface area contributed by atoms with Gasteiger partial charge in [0.05, 0.1) is 13.2 Å². The van der Waals surface area contributed by atoms with Crippen molar-refractivity contribution in [3.63, 3.8) is 0 Å². The minimum atomic E-state index is -0.222. The molecule has 0 aromatic carbocycles. The summed E-state index contributed by atoms with van der Waals surface area (Å²) in [6, 6.07) is -0.222. The highest BCUT2D eigenvalue weighted by molar-refractivity contribution is 7.15. The lowest BCUT2D eigenvalue weighted by atomic mass is 10.0. The number of carbonyl (C=O) groups is 1. The van der Waals surface area contributed by atoms with E-state index in [0.717, 1.165) is 31.3 Å². The molecule has 1 aliphatic carbocycles. The molecule has 1 aromatic heterocycles. The van der Waals surface area contributed by atoms with Crippen LogP contribution in [0.25, 0.3) is 0 Å². The maximum absolute atomic E-state index is 12.0. The molecule has 0 radical (unpaired) electrons. The van der Waals surface area contributed by atoms with Gasteiger partial charge in [0, 0.05) is 31.1 Å². The zero-order valence-corrected chi connectivity index (χ0v) is 13.9. The van der Waals surface area contributed by atoms with Crippen molar-refractivity contribution in [1.29, 1.82) is 0 Å². The Morgan fingerprint density at radius 3 is 2.77 bits per heavy atom. The molecule has 122 valence electrons. The number of amides is 2. The van der Waals surface area contributed by atoms with Gasteiger partial charge in [-0.05, 0) is 26.7 Å². The fourth-order valence-electron chi connectivity index (χ4n) is 2.50. The van der Waals surface area contributed by atoms with Crippen molar-refractivity contribution in [3.8, 4) is 0 Å². The van der Waals surface area contributed by atoms with Gasteiger partial charge in [-0.2, -0.15) is 0 Å². The molecule has 2 aliphatic rings. The minimum Gasteiger partial charge on any atom is -0.379 e. The lowest BCUT2D eigenvalue weighted by Crippen LogP contribution is -2.55. The van der Waals surface area contributed by atoms with Crippen molar-refractivity contribution in [1.82, 2.24) is 20.4 Å². The van der Waals surface area contributed by atoms with Gasteiger partial charge in [0.2, 0.25) is 5.13 Å². The van der Waals surface area contributed by atoms with E-state index in [2.05, 4.69) is 39.6 Å². The number of hydrogen-bond acceptors (Lipinski definition) is 6. The van der Waals surface area contributed by atoms with Crippen LogP contribution in [0.15, 0.2) is 0 Å². The lowest BCUT2D eigenvalue weighted by Gasteiger charge is -2.40. The number of hydrogen-bond donors (Lipinski definition) is 2. The van der Waals surface area contributed by atoms with Crippen LogP contribution in [0, 0.1) is 0 Å². The first-order valence-corrected chi connectivity index (χ1v) is 8.57. The summed E-state index contributed by atoms with van der Waals surface area (Å²) in [5, 5.41) is 15.4. The van der Waals surface area contributed by atoms with Gasteiger partial charge < -0.3 is 10.1 Å². The Kier molecular flexibility index (Phi) is 4.60. The van der Waals surface area contributed by atoms with Crippen LogP contribution < -0.4 is 10.6 Å². The third-order valence-electron chi connectivity index (χ3n) is 4.14. The van der Waals surface area contributed by atoms with Gasteiger partial charge in [0.25, 0.3) is 0 Å². The van der Waals surface area contributed by atoms with Gasteiger partial charge in [-0.1, -0.05) is 11.3 Å². The highest BCUT2D eigenvalue weighted by atomic mass is 32.1. The third kappa shape index (κ3) is 3.93. The Balaban J connectivity index is 1.46. The molecule has 3 rings (SSSR count). The summed E-state index contributed by atoms with van der Waals surface area (Å²) in [5.41, 5.74) is -0.0958. The van der Waals surface area contributed by atoms with E-state index in [-0.39, 0.29) is 11.6 Å². The van der Waals surface area contributed by atoms with Crippen LogP contribution in [-0.2, 0) is 4.74 Å². The van der Waals surface area contributed by atoms with Crippen LogP contribution >= 0.6 is 11.3 Å². The second-order valence-corrected chi connectivity index (χ2v) is 7.45. The molecule has 0 spiro atoms. The van der Waals surface area contributed by atoms with Crippen molar-refractivity contribution in [2.45, 2.75) is 38.1 Å². The Labute approximate surface area is 134 Å². The smallest absolute Gasteiger partial charge is 0.321 e. The second kappa shape index (κ2) is 6.47. The summed E-state index contributed by atoms with van der Waals surface area (Å²) < 4.78 is 5.37. The molecule has 2 fully saturated rings. The average Bonchev–Trinajstić information content (AvgIpc) is 3.27. The van der Waals surface area contributed by atoms with E-state index in [9.17, 15) is 4.79 Å². The summed E-state index contributed by atoms with van der Waals surface area (Å²) >= 11 is 1.47. The number of rotatable bonds is 5. The van der Waals surface area contributed by atoms with Crippen LogP contribution in [0.4, 0.5) is 9.93 Å². The summed E-state index contributed by atoms with van der Waals surface area (Å²) in [7, 11) is 0. The Morgan fingerprint density at radius 2 is 2.09 bits per heavy atom. The molecule has 1 saturated carbocycles. The molecular formula is C14H23N5O2S. The molecule has 8 heteroatoms. The maximum Gasteiger partial charge on any atom is 0.321 e. The van der Waals surface area contributed by atoms with Crippen molar-refractivity contribution in [2.75, 3.05) is 38.2 Å². The molecule has 1 saturated heterocycles. The molecule has 2 amide bonds. The highest BCUT2D eigenvalue weighted by Crippen LogP contribution is 2.41. The van der Waals surface area contributed by atoms with Gasteiger partial charge >= 0.3 is 6.03 Å². The normalized spacial score (nSPS) is 19.9. The van der Waals surface area contributed by atoms with E-state index in [1.165, 1.54) is 24.2 Å². The first-order valence-electron chi connectivity index (χ1n) is 7.76. The van der Waals surface area contributed by atoms with E-state index in [1.807, 2.05) is 0 Å². The molecule has 0 bridgehead atoms. The van der Waals surface area contributed by atoms with Crippen LogP contribution in [0.3, 0.4) is 0 Å². The predicted molar refractivity (Wildman–Crippen MR) is 85.4 cm³/mol. The van der Waals surface area contributed by atoms with E-state index in [1.54, 1.807) is 0 Å². The third-order valence-corrected chi connectivity index (χ3v) is 5.14. The maximum atomic E-state index is 12.0. The number of morpholine rings is 1. The monoisotopic (exact) mass is 325 g/mol. The van der Waals surface area contributed by atoms with Gasteiger partial charge in [0.1, 0.15) is 5.01 Å². The fourth-order valence-corrected chi connectivity index (χ4v) is 3.41. The predicted octanol–water partition coefficient (Wildman–Crippen LogP) is 1.65. The van der Waals surface area contributed by atoms with E-state index in [4.69, 9.17) is 4.74 Å². The van der Waals surface area contributed by atoms with Crippen molar-refractivity contribution >= 4 is 22.5 Å². The van der Waals surface area contributed by atoms with E-state index >= 15 is 0 Å². The number of urea groups is 1. The minimum absolute atomic E-state index is 0.0958. The first kappa shape index (κ1) is 15.6. The lowest BCUT2D eigenvalue weighted by molar-refractivity contribution is -0.00863. The molecule has 0 atom stereocenters. The van der Waals surface area contributed by atoms with Gasteiger partial charge in [-0.3, -0.25) is 10.2 Å². The van der Waals surface area contributed by atoms with Gasteiger partial charge in [-0.25, -0.2) is 4.79 Å². The van der Waals surface area contributed by atoms with E-state index in [0.29, 0.717) is 17.6 Å². The SMILES string of the molecule is CC(C)(CNC(=O)Nc1nnc(C2CC2)s1)N1CCOCC1. The molecule has 1 aromatic rings. The number of anilines is 1. The number of carbonyl (C=O) groups excluding carboxylic acids is 1. The van der Waals surface area contributed by atoms with Crippen molar-refractivity contribution in [2.24, 2.45) is 0 Å². The largest absolute Gasteiger partial charge is 0.379 e. The Hall–Kier alpha value is -1.25. The van der Waals surface area contributed by atoms with Crippen molar-refractivity contribution in [3.05, 3.63) is 5.01 Å². The second-order valence-electron chi connectivity index (χ2n) is 6.44. The summed E-state index contributed by atoms with van der Waals surface area (Å²) in [6.45, 7) is 8.15. The molecule has 1 aliphatic heterocycles. The summed E-state index contributed by atoms with van der Waals surface area (Å²) in [5.74, 6) is 0.566. The summed E-state index contributed by atoms with van der Waals surface area (Å²) in [6.07, 6.45) is 2.38. The highest BCUT2D eigenvalue weighted by Gasteiger charge is 2.29. The van der Waals surface area contributed by atoms with E-state index < -0.39 is 0 Å². The van der Waals surface area contributed by atoms with Crippen LogP contribution in [0.5, 0.6) is 0 Å². The van der Waals surface area contributed by atoms with Crippen molar-refractivity contribution < 1.29 is 9.53 Å². The molecular weight excluding hydrogens is 302 g/mol. The number of nitrogens with one attached hydrogen (secondary N) is 2. The fraction of sp³-hybridized carbons (Fsp3) is 0.786. The average molecular weight is 325 g/mol. The topological polar surface area (TPSA) is 79.4 Å². The van der Waals surface area contributed by atoms with Crippen LogP contribution in [0.1, 0.15) is 37.6 Å². The first-order chi connectivity index (χ1) is 10.5. The Bertz CT molecular complexity index is 523. The standard InChI is InChI=1S/C14H23N5O2S/c1-14(2,19-5-7-21-8-6-19)9-15-12(20)16-13-18-17-11(22-13)10-3-4-10/h10H,3-9H2,1-2H3,(H2,15,16,18,20). The molecule has 2 N–H and O–H groups in total. The zero-order valence-electron chi connectivity index (χ0n) is 13.1. The van der Waals surface area contributed by atoms with Crippen LogP contribution in [-0.4, -0.2) is 59.5 Å². The zero-order chi connectivity index (χ0) is 15.6. The quantitative estimate of drug-likeness (QED) is 0.860. The number of ether oxygens (including phenoxy) is 1. The number of aromatic nitrogens is 2.